The van der Waals surface area contributed by atoms with Gasteiger partial charge in [-0.1, -0.05) is 25.1 Å². The van der Waals surface area contributed by atoms with Crippen molar-refractivity contribution >= 4 is 34.8 Å². The first-order chi connectivity index (χ1) is 12.0. The number of thiocarbonyl (C=S) groups is 1. The molecule has 0 atom stereocenters. The Bertz CT molecular complexity index is 793. The highest BCUT2D eigenvalue weighted by Crippen LogP contribution is 2.15. The van der Waals surface area contributed by atoms with Crippen LogP contribution in [0.25, 0.3) is 0 Å². The zero-order valence-corrected chi connectivity index (χ0v) is 14.6. The van der Waals surface area contributed by atoms with E-state index in [-0.39, 0.29) is 16.6 Å². The summed E-state index contributed by atoms with van der Waals surface area (Å²) in [5, 5.41) is 5.44. The number of hydrogen-bond acceptors (Lipinski definition) is 4. The molecule has 0 aliphatic carbocycles. The lowest BCUT2D eigenvalue weighted by atomic mass is 10.1. The monoisotopic (exact) mass is 357 g/mol. The van der Waals surface area contributed by atoms with Crippen LogP contribution < -0.4 is 21.1 Å². The van der Waals surface area contributed by atoms with Gasteiger partial charge in [0.2, 0.25) is 0 Å². The summed E-state index contributed by atoms with van der Waals surface area (Å²) in [5.41, 5.74) is 6.45. The van der Waals surface area contributed by atoms with Gasteiger partial charge in [-0.3, -0.25) is 14.9 Å². The van der Waals surface area contributed by atoms with Crippen molar-refractivity contribution in [3.05, 3.63) is 59.7 Å². The molecule has 0 aliphatic rings. The van der Waals surface area contributed by atoms with E-state index in [2.05, 4.69) is 10.6 Å². The SMILES string of the molecule is CCCOc1cccc(C(=O)NC(=S)Nc2ccccc2C(N)=O)c1. The third-order valence-electron chi connectivity index (χ3n) is 3.24. The third kappa shape index (κ3) is 5.29. The minimum absolute atomic E-state index is 0.0681. The second-order valence-electron chi connectivity index (χ2n) is 5.19. The molecule has 2 aromatic carbocycles. The standard InChI is InChI=1S/C18H19N3O3S/c1-2-10-24-13-7-5-6-12(11-13)17(23)21-18(25)20-15-9-4-3-8-14(15)16(19)22/h3-9,11H,2,10H2,1H3,(H2,19,22)(H2,20,21,23,25). The first-order valence-corrected chi connectivity index (χ1v) is 8.16. The van der Waals surface area contributed by atoms with E-state index in [1.807, 2.05) is 6.92 Å². The number of carbonyl (C=O) groups excluding carboxylic acids is 2. The molecule has 0 heterocycles. The van der Waals surface area contributed by atoms with E-state index in [0.29, 0.717) is 23.6 Å². The molecule has 2 aromatic rings. The largest absolute Gasteiger partial charge is 0.494 e. The van der Waals surface area contributed by atoms with Crippen LogP contribution in [0.1, 0.15) is 34.1 Å². The Morgan fingerprint density at radius 1 is 1.16 bits per heavy atom. The highest BCUT2D eigenvalue weighted by Gasteiger charge is 2.12. The molecule has 0 fully saturated rings. The predicted octanol–water partition coefficient (Wildman–Crippen LogP) is 2.70. The molecule has 0 saturated heterocycles. The molecule has 2 amide bonds. The van der Waals surface area contributed by atoms with E-state index >= 15 is 0 Å². The Labute approximate surface area is 151 Å². The van der Waals surface area contributed by atoms with Gasteiger partial charge < -0.3 is 15.8 Å². The van der Waals surface area contributed by atoms with Crippen LogP contribution in [0, 0.1) is 0 Å². The summed E-state index contributed by atoms with van der Waals surface area (Å²) in [7, 11) is 0. The number of para-hydroxylation sites is 1. The van der Waals surface area contributed by atoms with Crippen LogP contribution in [-0.2, 0) is 0 Å². The van der Waals surface area contributed by atoms with Crippen molar-refractivity contribution in [1.82, 2.24) is 5.32 Å². The summed E-state index contributed by atoms with van der Waals surface area (Å²) >= 11 is 5.13. The zero-order chi connectivity index (χ0) is 18.2. The second kappa shape index (κ2) is 8.79. The van der Waals surface area contributed by atoms with Gasteiger partial charge in [-0.15, -0.1) is 0 Å². The van der Waals surface area contributed by atoms with Crippen LogP contribution in [0.4, 0.5) is 5.69 Å². The number of rotatable bonds is 6. The predicted molar refractivity (Wildman–Crippen MR) is 101 cm³/mol. The van der Waals surface area contributed by atoms with Gasteiger partial charge in [-0.2, -0.15) is 0 Å². The van der Waals surface area contributed by atoms with Crippen molar-refractivity contribution in [3.8, 4) is 5.75 Å². The average Bonchev–Trinajstić information content (AvgIpc) is 2.60. The van der Waals surface area contributed by atoms with E-state index < -0.39 is 5.91 Å². The van der Waals surface area contributed by atoms with Crippen molar-refractivity contribution in [2.75, 3.05) is 11.9 Å². The molecule has 2 rings (SSSR count). The molecule has 0 bridgehead atoms. The number of benzene rings is 2. The molecule has 0 aromatic heterocycles. The number of hydrogen-bond donors (Lipinski definition) is 3. The van der Waals surface area contributed by atoms with Crippen LogP contribution in [0.15, 0.2) is 48.5 Å². The van der Waals surface area contributed by atoms with E-state index in [4.69, 9.17) is 22.7 Å². The molecule has 0 aliphatic heterocycles. The van der Waals surface area contributed by atoms with Crippen molar-refractivity contribution in [3.63, 3.8) is 0 Å². The van der Waals surface area contributed by atoms with Crippen molar-refractivity contribution < 1.29 is 14.3 Å². The van der Waals surface area contributed by atoms with Crippen LogP contribution in [0.3, 0.4) is 0 Å². The first kappa shape index (κ1) is 18.4. The molecule has 6 nitrogen and oxygen atoms in total. The van der Waals surface area contributed by atoms with Crippen LogP contribution in [0.5, 0.6) is 5.75 Å². The average molecular weight is 357 g/mol. The lowest BCUT2D eigenvalue weighted by molar-refractivity contribution is 0.0975. The van der Waals surface area contributed by atoms with E-state index in [1.165, 1.54) is 0 Å². The minimum atomic E-state index is -0.585. The summed E-state index contributed by atoms with van der Waals surface area (Å²) in [5.74, 6) is -0.346. The maximum Gasteiger partial charge on any atom is 0.257 e. The summed E-state index contributed by atoms with van der Waals surface area (Å²) in [6, 6.07) is 13.5. The van der Waals surface area contributed by atoms with Gasteiger partial charge in [0, 0.05) is 5.56 Å². The lowest BCUT2D eigenvalue weighted by Crippen LogP contribution is -2.34. The van der Waals surface area contributed by atoms with Gasteiger partial charge in [0.15, 0.2) is 5.11 Å². The number of nitrogens with two attached hydrogens (primary N) is 1. The van der Waals surface area contributed by atoms with Gasteiger partial charge in [0.25, 0.3) is 11.8 Å². The van der Waals surface area contributed by atoms with Crippen molar-refractivity contribution in [2.24, 2.45) is 5.73 Å². The Kier molecular flexibility index (Phi) is 6.47. The lowest BCUT2D eigenvalue weighted by Gasteiger charge is -2.12. The van der Waals surface area contributed by atoms with Crippen LogP contribution in [-0.4, -0.2) is 23.5 Å². The highest BCUT2D eigenvalue weighted by molar-refractivity contribution is 7.80. The second-order valence-corrected chi connectivity index (χ2v) is 5.60. The molecule has 0 spiro atoms. The van der Waals surface area contributed by atoms with E-state index in [9.17, 15) is 9.59 Å². The number of amides is 2. The first-order valence-electron chi connectivity index (χ1n) is 7.75. The maximum absolute atomic E-state index is 12.3. The molecule has 0 saturated carbocycles. The summed E-state index contributed by atoms with van der Waals surface area (Å²) in [6.07, 6.45) is 0.879. The molecule has 0 radical (unpaired) electrons. The molecule has 4 N–H and O–H groups in total. The van der Waals surface area contributed by atoms with Crippen molar-refractivity contribution in [2.45, 2.75) is 13.3 Å². The molecular formula is C18H19N3O3S. The molecular weight excluding hydrogens is 338 g/mol. The number of carbonyl (C=O) groups is 2. The Morgan fingerprint density at radius 3 is 2.64 bits per heavy atom. The normalized spacial score (nSPS) is 9.96. The fourth-order valence-electron chi connectivity index (χ4n) is 2.08. The van der Waals surface area contributed by atoms with E-state index in [0.717, 1.165) is 6.42 Å². The highest BCUT2D eigenvalue weighted by atomic mass is 32.1. The molecule has 7 heteroatoms. The Hall–Kier alpha value is -2.93. The Balaban J connectivity index is 2.03. The minimum Gasteiger partial charge on any atom is -0.494 e. The van der Waals surface area contributed by atoms with Gasteiger partial charge >= 0.3 is 0 Å². The molecule has 130 valence electrons. The molecule has 0 unspecified atom stereocenters. The number of ether oxygens (including phenoxy) is 1. The maximum atomic E-state index is 12.3. The fourth-order valence-corrected chi connectivity index (χ4v) is 2.29. The van der Waals surface area contributed by atoms with Gasteiger partial charge in [-0.05, 0) is 49.0 Å². The summed E-state index contributed by atoms with van der Waals surface area (Å²) in [6.45, 7) is 2.58. The summed E-state index contributed by atoms with van der Waals surface area (Å²) < 4.78 is 5.51. The van der Waals surface area contributed by atoms with Crippen LogP contribution >= 0.6 is 12.2 Å². The Morgan fingerprint density at radius 2 is 1.92 bits per heavy atom. The fraction of sp³-hybridized carbons (Fsp3) is 0.167. The zero-order valence-electron chi connectivity index (χ0n) is 13.7. The third-order valence-corrected chi connectivity index (χ3v) is 3.44. The van der Waals surface area contributed by atoms with Gasteiger partial charge in [0.05, 0.1) is 17.9 Å². The smallest absolute Gasteiger partial charge is 0.257 e. The van der Waals surface area contributed by atoms with Gasteiger partial charge in [0.1, 0.15) is 5.75 Å². The number of primary amides is 1. The topological polar surface area (TPSA) is 93.4 Å². The number of anilines is 1. The number of nitrogens with one attached hydrogen (secondary N) is 2. The quantitative estimate of drug-likeness (QED) is 0.691. The van der Waals surface area contributed by atoms with Gasteiger partial charge in [-0.25, -0.2) is 0 Å². The van der Waals surface area contributed by atoms with Crippen LogP contribution in [0.2, 0.25) is 0 Å². The summed E-state index contributed by atoms with van der Waals surface area (Å²) in [4.78, 5) is 23.7. The molecule has 25 heavy (non-hydrogen) atoms. The van der Waals surface area contributed by atoms with E-state index in [1.54, 1.807) is 48.5 Å². The van der Waals surface area contributed by atoms with Crippen molar-refractivity contribution in [1.29, 1.82) is 0 Å².